The molecule has 1 heterocycles. The minimum Gasteiger partial charge on any atom is -0.497 e. The number of para-hydroxylation sites is 2. The topological polar surface area (TPSA) is 95.7 Å². The molecule has 0 saturated carbocycles. The zero-order valence-corrected chi connectivity index (χ0v) is 17.6. The van der Waals surface area contributed by atoms with Gasteiger partial charge < -0.3 is 24.1 Å². The zero-order valence-electron chi connectivity index (χ0n) is 17.6. The van der Waals surface area contributed by atoms with E-state index in [4.69, 9.17) is 18.7 Å². The molecule has 0 atom stereocenters. The van der Waals surface area contributed by atoms with Gasteiger partial charge in [-0.1, -0.05) is 35.5 Å². The smallest absolute Gasteiger partial charge is 0.264 e. The van der Waals surface area contributed by atoms with Gasteiger partial charge in [-0.25, -0.2) is 0 Å². The molecule has 0 saturated heterocycles. The lowest BCUT2D eigenvalue weighted by Gasteiger charge is -2.10. The van der Waals surface area contributed by atoms with Crippen LogP contribution < -0.4 is 19.5 Å². The molecule has 0 fully saturated rings. The summed E-state index contributed by atoms with van der Waals surface area (Å²) in [5.74, 6) is 1.96. The van der Waals surface area contributed by atoms with Crippen molar-refractivity contribution in [2.75, 3.05) is 19.5 Å². The molecule has 0 aliphatic carbocycles. The first-order valence-corrected chi connectivity index (χ1v) is 9.81. The highest BCUT2D eigenvalue weighted by molar-refractivity contribution is 6.06. The van der Waals surface area contributed by atoms with Crippen molar-refractivity contribution in [3.8, 4) is 28.6 Å². The van der Waals surface area contributed by atoms with Crippen molar-refractivity contribution < 1.29 is 23.5 Å². The fraction of sp³-hybridized carbons (Fsp3) is 0.125. The Balaban J connectivity index is 1.48. The molecule has 4 aromatic rings. The molecule has 0 unspecified atom stereocenters. The van der Waals surface area contributed by atoms with E-state index in [-0.39, 0.29) is 18.4 Å². The summed E-state index contributed by atoms with van der Waals surface area (Å²) in [4.78, 5) is 17.1. The van der Waals surface area contributed by atoms with Gasteiger partial charge in [0.25, 0.3) is 11.8 Å². The number of methoxy groups -OCH3 is 2. The summed E-state index contributed by atoms with van der Waals surface area (Å²) in [6.07, 6.45) is 0. The molecule has 4 rings (SSSR count). The van der Waals surface area contributed by atoms with E-state index in [2.05, 4.69) is 15.5 Å². The molecule has 162 valence electrons. The first kappa shape index (κ1) is 20.9. The van der Waals surface area contributed by atoms with Crippen LogP contribution in [0, 0.1) is 0 Å². The molecular formula is C24H21N3O5. The molecule has 0 radical (unpaired) electrons. The van der Waals surface area contributed by atoms with Gasteiger partial charge in [-0.2, -0.15) is 4.98 Å². The molecule has 0 bridgehead atoms. The number of ether oxygens (including phenoxy) is 3. The van der Waals surface area contributed by atoms with Crippen molar-refractivity contribution in [2.24, 2.45) is 0 Å². The second-order valence-electron chi connectivity index (χ2n) is 6.68. The molecule has 3 aromatic carbocycles. The van der Waals surface area contributed by atoms with E-state index < -0.39 is 0 Å². The number of nitrogens with one attached hydrogen (secondary N) is 1. The van der Waals surface area contributed by atoms with Crippen LogP contribution in [0.1, 0.15) is 16.2 Å². The van der Waals surface area contributed by atoms with Gasteiger partial charge in [-0.3, -0.25) is 4.79 Å². The van der Waals surface area contributed by atoms with Crippen molar-refractivity contribution in [3.05, 3.63) is 84.3 Å². The Kier molecular flexibility index (Phi) is 6.31. The predicted molar refractivity (Wildman–Crippen MR) is 118 cm³/mol. The minimum absolute atomic E-state index is 0.00109. The molecule has 8 heteroatoms. The Bertz CT molecular complexity index is 1210. The second kappa shape index (κ2) is 9.65. The molecule has 1 amide bonds. The third-order valence-electron chi connectivity index (χ3n) is 4.63. The maximum Gasteiger partial charge on any atom is 0.264 e. The number of carbonyl (C=O) groups excluding carboxylic acids is 1. The fourth-order valence-electron chi connectivity index (χ4n) is 3.05. The third kappa shape index (κ3) is 4.70. The molecule has 32 heavy (non-hydrogen) atoms. The highest BCUT2D eigenvalue weighted by atomic mass is 16.5. The van der Waals surface area contributed by atoms with Gasteiger partial charge in [0.1, 0.15) is 17.2 Å². The standard InChI is InChI=1S/C24H21N3O5/c1-29-17-12-13-18(21(14-17)30-2)23-26-22(32-27-23)15-31-20-11-7-6-10-19(20)24(28)25-16-8-4-3-5-9-16/h3-14H,15H2,1-2H3,(H,25,28). The number of rotatable bonds is 8. The van der Waals surface area contributed by atoms with Crippen LogP contribution in [0.25, 0.3) is 11.4 Å². The number of aromatic nitrogens is 2. The quantitative estimate of drug-likeness (QED) is 0.436. The average Bonchev–Trinajstić information content (AvgIpc) is 3.32. The van der Waals surface area contributed by atoms with E-state index in [1.54, 1.807) is 56.7 Å². The van der Waals surface area contributed by atoms with E-state index in [9.17, 15) is 4.79 Å². The minimum atomic E-state index is -0.277. The van der Waals surface area contributed by atoms with Gasteiger partial charge in [0.15, 0.2) is 6.61 Å². The molecule has 0 spiro atoms. The van der Waals surface area contributed by atoms with Crippen LogP contribution in [0.3, 0.4) is 0 Å². The lowest BCUT2D eigenvalue weighted by atomic mass is 10.2. The molecule has 1 aromatic heterocycles. The second-order valence-corrected chi connectivity index (χ2v) is 6.68. The highest BCUT2D eigenvalue weighted by Crippen LogP contribution is 2.31. The van der Waals surface area contributed by atoms with Crippen LogP contribution in [0.5, 0.6) is 17.2 Å². The summed E-state index contributed by atoms with van der Waals surface area (Å²) in [6, 6.07) is 21.5. The average molecular weight is 431 g/mol. The van der Waals surface area contributed by atoms with E-state index in [1.807, 2.05) is 30.3 Å². The van der Waals surface area contributed by atoms with E-state index in [0.717, 1.165) is 0 Å². The Morgan fingerprint density at radius 3 is 2.50 bits per heavy atom. The van der Waals surface area contributed by atoms with Crippen molar-refractivity contribution in [2.45, 2.75) is 6.61 Å². The van der Waals surface area contributed by atoms with Gasteiger partial charge in [-0.15, -0.1) is 0 Å². The summed E-state index contributed by atoms with van der Waals surface area (Å²) in [7, 11) is 3.13. The lowest BCUT2D eigenvalue weighted by molar-refractivity contribution is 0.102. The van der Waals surface area contributed by atoms with Crippen LogP contribution in [-0.4, -0.2) is 30.3 Å². The van der Waals surface area contributed by atoms with Gasteiger partial charge in [0.2, 0.25) is 5.82 Å². The summed E-state index contributed by atoms with van der Waals surface area (Å²) < 4.78 is 21.7. The van der Waals surface area contributed by atoms with Gasteiger partial charge in [0, 0.05) is 11.8 Å². The molecule has 8 nitrogen and oxygen atoms in total. The maximum absolute atomic E-state index is 12.7. The monoisotopic (exact) mass is 431 g/mol. The molecule has 0 aliphatic rings. The number of hydrogen-bond acceptors (Lipinski definition) is 7. The summed E-state index contributed by atoms with van der Waals surface area (Å²) >= 11 is 0. The number of nitrogens with zero attached hydrogens (tertiary/aromatic N) is 2. The fourth-order valence-corrected chi connectivity index (χ4v) is 3.05. The Hall–Kier alpha value is -4.33. The summed E-state index contributed by atoms with van der Waals surface area (Å²) in [6.45, 7) is 0.00109. The van der Waals surface area contributed by atoms with Crippen LogP contribution in [0.4, 0.5) is 5.69 Å². The summed E-state index contributed by atoms with van der Waals surface area (Å²) in [5, 5.41) is 6.86. The van der Waals surface area contributed by atoms with Crippen LogP contribution >= 0.6 is 0 Å². The SMILES string of the molecule is COc1ccc(-c2noc(COc3ccccc3C(=O)Nc3ccccc3)n2)c(OC)c1. The molecule has 0 aliphatic heterocycles. The van der Waals surface area contributed by atoms with Crippen LogP contribution in [0.15, 0.2) is 77.3 Å². The van der Waals surface area contributed by atoms with Crippen molar-refractivity contribution in [3.63, 3.8) is 0 Å². The number of amides is 1. The Labute approximate surface area is 184 Å². The van der Waals surface area contributed by atoms with E-state index in [0.29, 0.717) is 39.9 Å². The number of anilines is 1. The Morgan fingerprint density at radius 2 is 1.72 bits per heavy atom. The van der Waals surface area contributed by atoms with Crippen LogP contribution in [-0.2, 0) is 6.61 Å². The molecular weight excluding hydrogens is 410 g/mol. The zero-order chi connectivity index (χ0) is 22.3. The Morgan fingerprint density at radius 1 is 0.938 bits per heavy atom. The third-order valence-corrected chi connectivity index (χ3v) is 4.63. The van der Waals surface area contributed by atoms with Crippen molar-refractivity contribution in [1.29, 1.82) is 0 Å². The first-order chi connectivity index (χ1) is 15.7. The van der Waals surface area contributed by atoms with Crippen molar-refractivity contribution >= 4 is 11.6 Å². The summed E-state index contributed by atoms with van der Waals surface area (Å²) in [5.41, 5.74) is 1.75. The van der Waals surface area contributed by atoms with Crippen LogP contribution in [0.2, 0.25) is 0 Å². The van der Waals surface area contributed by atoms with Gasteiger partial charge >= 0.3 is 0 Å². The van der Waals surface area contributed by atoms with E-state index >= 15 is 0 Å². The number of hydrogen-bond donors (Lipinski definition) is 1. The van der Waals surface area contributed by atoms with Gasteiger partial charge in [0.05, 0.1) is 25.3 Å². The predicted octanol–water partition coefficient (Wildman–Crippen LogP) is 4.59. The number of carbonyl (C=O) groups is 1. The largest absolute Gasteiger partial charge is 0.497 e. The highest BCUT2D eigenvalue weighted by Gasteiger charge is 2.17. The molecule has 1 N–H and O–H groups in total. The lowest BCUT2D eigenvalue weighted by Crippen LogP contribution is -2.13. The first-order valence-electron chi connectivity index (χ1n) is 9.81. The van der Waals surface area contributed by atoms with Gasteiger partial charge in [-0.05, 0) is 36.4 Å². The normalized spacial score (nSPS) is 10.4. The van der Waals surface area contributed by atoms with Crippen molar-refractivity contribution in [1.82, 2.24) is 10.1 Å². The van der Waals surface area contributed by atoms with E-state index in [1.165, 1.54) is 0 Å². The maximum atomic E-state index is 12.7. The number of benzene rings is 3.